The number of thiazole rings is 1. The third-order valence-corrected chi connectivity index (χ3v) is 4.97. The van der Waals surface area contributed by atoms with Crippen LogP contribution in [0.4, 0.5) is 5.69 Å². The van der Waals surface area contributed by atoms with Crippen molar-refractivity contribution in [3.05, 3.63) is 57.9 Å². The molecule has 2 aromatic carbocycles. The number of aromatic nitrogens is 1. The maximum absolute atomic E-state index is 10.6. The van der Waals surface area contributed by atoms with Crippen LogP contribution in [0.25, 0.3) is 10.2 Å². The second-order valence-electron chi connectivity index (χ2n) is 5.31. The van der Waals surface area contributed by atoms with Crippen LogP contribution in [0.15, 0.2) is 41.5 Å². The molecule has 5 N–H and O–H groups in total. The van der Waals surface area contributed by atoms with Gasteiger partial charge in [-0.25, -0.2) is 4.79 Å². The number of hydrogen-bond donors (Lipinski definition) is 3. The monoisotopic (exact) mass is 344 g/mol. The van der Waals surface area contributed by atoms with Crippen LogP contribution in [-0.2, 0) is 7.05 Å². The first kappa shape index (κ1) is 17.6. The molecule has 0 fully saturated rings. The summed E-state index contributed by atoms with van der Waals surface area (Å²) in [6.45, 7) is 3.72. The molecule has 0 aliphatic carbocycles. The number of carboxylic acid groups (broad SMARTS) is 1. The Kier molecular flexibility index (Phi) is 5.25. The molecule has 0 amide bonds. The highest BCUT2D eigenvalue weighted by Gasteiger charge is 2.09. The van der Waals surface area contributed by atoms with Crippen molar-refractivity contribution in [1.82, 2.24) is 4.57 Å². The predicted molar refractivity (Wildman–Crippen MR) is 97.8 cm³/mol. The second kappa shape index (κ2) is 7.18. The van der Waals surface area contributed by atoms with E-state index < -0.39 is 5.97 Å². The van der Waals surface area contributed by atoms with Gasteiger partial charge in [0.25, 0.3) is 0 Å². The summed E-state index contributed by atoms with van der Waals surface area (Å²) in [5.41, 5.74) is 9.17. The lowest BCUT2D eigenvalue weighted by atomic mass is 10.0. The Labute approximate surface area is 143 Å². The summed E-state index contributed by atoms with van der Waals surface area (Å²) in [5, 5.41) is 12.4. The molecule has 1 aromatic heterocycles. The fourth-order valence-corrected chi connectivity index (χ4v) is 3.17. The van der Waals surface area contributed by atoms with Gasteiger partial charge in [0.2, 0.25) is 4.80 Å². The predicted octanol–water partition coefficient (Wildman–Crippen LogP) is 2.60. The Morgan fingerprint density at radius 2 is 1.88 bits per heavy atom. The molecule has 0 atom stereocenters. The molecule has 0 saturated heterocycles. The topological polar surface area (TPSA) is 107 Å². The largest absolute Gasteiger partial charge is 0.478 e. The first-order valence-electron chi connectivity index (χ1n) is 7.24. The Morgan fingerprint density at radius 3 is 2.46 bits per heavy atom. The first-order valence-corrected chi connectivity index (χ1v) is 8.06. The lowest BCUT2D eigenvalue weighted by Crippen LogP contribution is -2.11. The van der Waals surface area contributed by atoms with E-state index in [1.807, 2.05) is 37.6 Å². The highest BCUT2D eigenvalue weighted by Crippen LogP contribution is 2.20. The number of aryl methyl sites for hydroxylation is 2. The summed E-state index contributed by atoms with van der Waals surface area (Å²) in [6, 6.07) is 11.4. The van der Waals surface area contributed by atoms with E-state index in [0.717, 1.165) is 15.9 Å². The minimum Gasteiger partial charge on any atom is -0.478 e. The van der Waals surface area contributed by atoms with E-state index in [9.17, 15) is 4.79 Å². The third-order valence-electron chi connectivity index (χ3n) is 3.84. The number of para-hydroxylation sites is 1. The zero-order valence-corrected chi connectivity index (χ0v) is 14.6. The molecule has 0 unspecified atom stereocenters. The molecule has 1 heterocycles. The van der Waals surface area contributed by atoms with Crippen molar-refractivity contribution >= 4 is 33.2 Å². The van der Waals surface area contributed by atoms with Crippen LogP contribution in [-0.4, -0.2) is 15.6 Å². The minimum absolute atomic E-state index is 0.179. The first-order chi connectivity index (χ1) is 11.4. The van der Waals surface area contributed by atoms with Gasteiger partial charge in [-0.1, -0.05) is 29.5 Å². The Bertz CT molecular complexity index is 957. The number of hydrogen-bond acceptors (Lipinski definition) is 5. The molecule has 6 nitrogen and oxygen atoms in total. The summed E-state index contributed by atoms with van der Waals surface area (Å²) in [7, 11) is 1.96. The molecule has 7 heteroatoms. The van der Waals surface area contributed by atoms with Gasteiger partial charge in [-0.05, 0) is 43.2 Å². The zero-order valence-electron chi connectivity index (χ0n) is 13.8. The summed E-state index contributed by atoms with van der Waals surface area (Å²) in [6.07, 6.45) is 0. The number of nitrogens with two attached hydrogens (primary N) is 2. The molecule has 0 bridgehead atoms. The van der Waals surface area contributed by atoms with Gasteiger partial charge in [0, 0.05) is 12.7 Å². The number of fused-ring (bicyclic) bond motifs is 1. The lowest BCUT2D eigenvalue weighted by molar-refractivity contribution is 0.0698. The van der Waals surface area contributed by atoms with Crippen LogP contribution in [0.1, 0.15) is 21.5 Å². The van der Waals surface area contributed by atoms with Crippen LogP contribution in [0.2, 0.25) is 0 Å². The number of nitrogen functional groups attached to an aromatic ring is 1. The van der Waals surface area contributed by atoms with Crippen LogP contribution < -0.4 is 16.4 Å². The normalized spacial score (nSPS) is 11.2. The van der Waals surface area contributed by atoms with E-state index in [2.05, 4.69) is 17.2 Å². The molecular weight excluding hydrogens is 324 g/mol. The van der Waals surface area contributed by atoms with Gasteiger partial charge in [0.15, 0.2) is 0 Å². The van der Waals surface area contributed by atoms with Gasteiger partial charge < -0.3 is 21.2 Å². The molecule has 0 aliphatic heterocycles. The maximum atomic E-state index is 10.6. The van der Waals surface area contributed by atoms with E-state index in [-0.39, 0.29) is 5.56 Å². The SMILES string of the molecule is Cc1ccc(C(=O)O)c(N)c1C.Cn1c(=NN)sc2ccccc21. The van der Waals surface area contributed by atoms with E-state index in [0.29, 0.717) is 5.69 Å². The molecule has 0 spiro atoms. The Hall–Kier alpha value is -2.80. The van der Waals surface area contributed by atoms with E-state index in [1.54, 1.807) is 17.4 Å². The van der Waals surface area contributed by atoms with Gasteiger partial charge >= 0.3 is 5.97 Å². The minimum atomic E-state index is -0.976. The van der Waals surface area contributed by atoms with Crippen LogP contribution in [0.5, 0.6) is 0 Å². The highest BCUT2D eigenvalue weighted by atomic mass is 32.1. The molecule has 0 radical (unpaired) electrons. The van der Waals surface area contributed by atoms with Crippen molar-refractivity contribution in [3.63, 3.8) is 0 Å². The van der Waals surface area contributed by atoms with Crippen LogP contribution in [0.3, 0.4) is 0 Å². The second-order valence-corrected chi connectivity index (χ2v) is 6.32. The van der Waals surface area contributed by atoms with E-state index in [4.69, 9.17) is 16.7 Å². The zero-order chi connectivity index (χ0) is 17.9. The highest BCUT2D eigenvalue weighted by molar-refractivity contribution is 7.16. The van der Waals surface area contributed by atoms with Gasteiger partial charge in [-0.3, -0.25) is 0 Å². The fraction of sp³-hybridized carbons (Fsp3) is 0.176. The average molecular weight is 344 g/mol. The average Bonchev–Trinajstić information content (AvgIpc) is 2.89. The number of anilines is 1. The molecular formula is C17H20N4O2S. The van der Waals surface area contributed by atoms with Crippen molar-refractivity contribution in [2.45, 2.75) is 13.8 Å². The fourth-order valence-electron chi connectivity index (χ4n) is 2.23. The number of carboxylic acids is 1. The number of benzene rings is 2. The lowest BCUT2D eigenvalue weighted by Gasteiger charge is -2.06. The maximum Gasteiger partial charge on any atom is 0.337 e. The van der Waals surface area contributed by atoms with Crippen molar-refractivity contribution in [1.29, 1.82) is 0 Å². The van der Waals surface area contributed by atoms with Gasteiger partial charge in [0.05, 0.1) is 15.8 Å². The van der Waals surface area contributed by atoms with Crippen molar-refractivity contribution < 1.29 is 9.90 Å². The Balaban J connectivity index is 0.000000174. The van der Waals surface area contributed by atoms with Crippen LogP contribution >= 0.6 is 11.3 Å². The molecule has 24 heavy (non-hydrogen) atoms. The number of aromatic carboxylic acids is 1. The molecule has 126 valence electrons. The quantitative estimate of drug-likeness (QED) is 0.358. The summed E-state index contributed by atoms with van der Waals surface area (Å²) in [4.78, 5) is 11.4. The van der Waals surface area contributed by atoms with Crippen molar-refractivity contribution in [2.75, 3.05) is 5.73 Å². The van der Waals surface area contributed by atoms with Gasteiger partial charge in [0.1, 0.15) is 0 Å². The molecule has 0 saturated carbocycles. The smallest absolute Gasteiger partial charge is 0.337 e. The van der Waals surface area contributed by atoms with Gasteiger partial charge in [-0.15, -0.1) is 0 Å². The number of rotatable bonds is 1. The third kappa shape index (κ3) is 3.41. The summed E-state index contributed by atoms with van der Waals surface area (Å²) in [5.74, 6) is 4.25. The molecule has 0 aliphatic rings. The molecule has 3 aromatic rings. The van der Waals surface area contributed by atoms with Gasteiger partial charge in [-0.2, -0.15) is 5.10 Å². The standard InChI is InChI=1S/C9H11NO2.C8H9N3S/c1-5-3-4-7(9(11)12)8(10)6(5)2;1-11-6-4-2-3-5-7(6)12-8(11)10-9/h3-4H,10H2,1-2H3,(H,11,12);2-5H,9H2,1H3. The van der Waals surface area contributed by atoms with Crippen LogP contribution in [0, 0.1) is 13.8 Å². The summed E-state index contributed by atoms with van der Waals surface area (Å²) >= 11 is 1.60. The number of carbonyl (C=O) groups is 1. The number of nitrogens with zero attached hydrogens (tertiary/aromatic N) is 2. The van der Waals surface area contributed by atoms with Crippen molar-refractivity contribution in [3.8, 4) is 0 Å². The Morgan fingerprint density at radius 1 is 1.21 bits per heavy atom. The summed E-state index contributed by atoms with van der Waals surface area (Å²) < 4.78 is 3.20. The molecule has 3 rings (SSSR count). The van der Waals surface area contributed by atoms with E-state index >= 15 is 0 Å². The van der Waals surface area contributed by atoms with E-state index in [1.165, 1.54) is 16.3 Å². The van der Waals surface area contributed by atoms with Crippen molar-refractivity contribution in [2.24, 2.45) is 18.0 Å².